The van der Waals surface area contributed by atoms with E-state index in [-0.39, 0.29) is 27.1 Å². The predicted octanol–water partition coefficient (Wildman–Crippen LogP) is 19.0. The Morgan fingerprint density at radius 2 is 0.863 bits per heavy atom. The van der Waals surface area contributed by atoms with Crippen molar-refractivity contribution in [3.05, 3.63) is 192 Å². The van der Waals surface area contributed by atoms with E-state index in [1.165, 1.54) is 61.3 Å². The van der Waals surface area contributed by atoms with Gasteiger partial charge in [-0.2, -0.15) is 0 Å². The first-order valence-corrected chi connectivity index (χ1v) is 26.2. The number of benzene rings is 7. The van der Waals surface area contributed by atoms with Crippen molar-refractivity contribution >= 4 is 44.6 Å². The summed E-state index contributed by atoms with van der Waals surface area (Å²) in [5.74, 6) is 2.45. The predicted molar refractivity (Wildman–Crippen MR) is 311 cm³/mol. The maximum absolute atomic E-state index is 7.09. The molecule has 0 fully saturated rings. The fraction of sp³-hybridized carbons (Fsp3) is 0.309. The molecule has 2 aromatic heterocycles. The van der Waals surface area contributed by atoms with Crippen LogP contribution in [0.25, 0.3) is 49.9 Å². The molecule has 1 aliphatic rings. The van der Waals surface area contributed by atoms with E-state index in [0.717, 1.165) is 50.7 Å². The van der Waals surface area contributed by atoms with Crippen LogP contribution in [0.3, 0.4) is 0 Å². The van der Waals surface area contributed by atoms with Gasteiger partial charge in [-0.05, 0) is 144 Å². The van der Waals surface area contributed by atoms with Crippen LogP contribution in [-0.2, 0) is 27.1 Å². The van der Waals surface area contributed by atoms with Crippen LogP contribution in [0.4, 0.5) is 22.7 Å². The molecule has 0 amide bonds. The van der Waals surface area contributed by atoms with Crippen molar-refractivity contribution in [2.45, 2.75) is 131 Å². The lowest BCUT2D eigenvalue weighted by molar-refractivity contribution is 0.479. The third kappa shape index (κ3) is 9.79. The monoisotopic (exact) mass is 963 g/mol. The van der Waals surface area contributed by atoms with Gasteiger partial charge in [-0.15, -0.1) is 0 Å². The van der Waals surface area contributed by atoms with Crippen LogP contribution in [0.1, 0.15) is 132 Å². The van der Waals surface area contributed by atoms with Crippen molar-refractivity contribution in [3.8, 4) is 39.6 Å². The van der Waals surface area contributed by atoms with Crippen LogP contribution in [0.15, 0.2) is 164 Å². The molecule has 9 aromatic rings. The Kier molecular flexibility index (Phi) is 12.1. The zero-order chi connectivity index (χ0) is 52.0. The standard InChI is InChI=1S/C68H74N4O/c1-64(2,3)48-29-30-69-63(40-48)72-61-35-45(44-21-17-16-18-22-44)25-27-57(61)58-28-26-55(42-62(58)72)73-56-39-52(68(13,14)15)38-54(41-56)71-43-70(59-23-19-20-24-60(59)71)53-34-47(33-51(37-53)67(10,11)12)46-31-49(65(4,5)6)36-50(32-46)66(7,8)9/h16-42H,43H2,1-15H3. The van der Waals surface area contributed by atoms with Gasteiger partial charge in [0.2, 0.25) is 0 Å². The van der Waals surface area contributed by atoms with Gasteiger partial charge in [0.15, 0.2) is 0 Å². The molecule has 0 saturated carbocycles. The van der Waals surface area contributed by atoms with Crippen LogP contribution < -0.4 is 14.5 Å². The van der Waals surface area contributed by atoms with E-state index < -0.39 is 0 Å². The van der Waals surface area contributed by atoms with Gasteiger partial charge in [0.25, 0.3) is 0 Å². The van der Waals surface area contributed by atoms with Crippen LogP contribution in [0.2, 0.25) is 0 Å². The Balaban J connectivity index is 1.07. The van der Waals surface area contributed by atoms with Crippen molar-refractivity contribution < 1.29 is 4.74 Å². The summed E-state index contributed by atoms with van der Waals surface area (Å²) in [6.45, 7) is 35.2. The molecule has 3 heterocycles. The van der Waals surface area contributed by atoms with E-state index in [1.807, 2.05) is 6.20 Å². The second kappa shape index (κ2) is 17.8. The van der Waals surface area contributed by atoms with Gasteiger partial charge >= 0.3 is 0 Å². The number of fused-ring (bicyclic) bond motifs is 4. The molecule has 0 saturated heterocycles. The zero-order valence-electron chi connectivity index (χ0n) is 46.0. The number of hydrogen-bond donors (Lipinski definition) is 0. The van der Waals surface area contributed by atoms with Crippen molar-refractivity contribution in [1.29, 1.82) is 0 Å². The highest BCUT2D eigenvalue weighted by molar-refractivity contribution is 6.10. The second-order valence-electron chi connectivity index (χ2n) is 25.6. The SMILES string of the molecule is CC(C)(C)c1cc(Oc2ccc3c4ccc(-c5ccccc5)cc4n(-c4cc(C(C)(C)C)ccn4)c3c2)cc(N2CN(c3cc(-c4cc(C(C)(C)C)cc(C(C)(C)C)c4)cc(C(C)(C)C)c3)c3ccccc32)c1. The summed E-state index contributed by atoms with van der Waals surface area (Å²) in [6, 6.07) is 58.5. The average Bonchev–Trinajstić information content (AvgIpc) is 3.88. The fourth-order valence-corrected chi connectivity index (χ4v) is 10.2. The second-order valence-corrected chi connectivity index (χ2v) is 25.6. The van der Waals surface area contributed by atoms with Gasteiger partial charge in [0, 0.05) is 40.5 Å². The van der Waals surface area contributed by atoms with Gasteiger partial charge < -0.3 is 14.5 Å². The van der Waals surface area contributed by atoms with Crippen LogP contribution >= 0.6 is 0 Å². The number of pyridine rings is 1. The smallest absolute Gasteiger partial charge is 0.137 e. The summed E-state index contributed by atoms with van der Waals surface area (Å²) >= 11 is 0. The fourth-order valence-electron chi connectivity index (χ4n) is 10.2. The molecule has 0 spiro atoms. The number of anilines is 4. The topological polar surface area (TPSA) is 33.5 Å². The molecule has 0 atom stereocenters. The first-order chi connectivity index (χ1) is 34.3. The highest BCUT2D eigenvalue weighted by atomic mass is 16.5. The van der Waals surface area contributed by atoms with Crippen LogP contribution in [-0.4, -0.2) is 16.2 Å². The maximum atomic E-state index is 7.09. The Hall–Kier alpha value is -7.11. The van der Waals surface area contributed by atoms with Gasteiger partial charge in [-0.25, -0.2) is 4.98 Å². The van der Waals surface area contributed by atoms with Crippen molar-refractivity contribution in [2.75, 3.05) is 16.5 Å². The zero-order valence-corrected chi connectivity index (χ0v) is 46.0. The molecule has 5 nitrogen and oxygen atoms in total. The molecule has 7 aromatic carbocycles. The Labute approximate surface area is 435 Å². The Morgan fingerprint density at radius 3 is 1.44 bits per heavy atom. The molecule has 0 unspecified atom stereocenters. The number of rotatable bonds is 7. The van der Waals surface area contributed by atoms with Gasteiger partial charge in [0.05, 0.1) is 22.4 Å². The summed E-state index contributed by atoms with van der Waals surface area (Å²) in [6.07, 6.45) is 1.95. The average molecular weight is 963 g/mol. The molecule has 0 bridgehead atoms. The van der Waals surface area contributed by atoms with E-state index in [1.54, 1.807) is 0 Å². The first-order valence-electron chi connectivity index (χ1n) is 26.2. The minimum atomic E-state index is -0.146. The molecule has 372 valence electrons. The number of nitrogens with zero attached hydrogens (tertiary/aromatic N) is 4. The molecule has 0 aliphatic carbocycles. The summed E-state index contributed by atoms with van der Waals surface area (Å²) in [4.78, 5) is 9.98. The molecule has 0 N–H and O–H groups in total. The summed E-state index contributed by atoms with van der Waals surface area (Å²) < 4.78 is 9.41. The van der Waals surface area contributed by atoms with Crippen molar-refractivity contribution in [2.24, 2.45) is 0 Å². The molecular formula is C68H74N4O. The largest absolute Gasteiger partial charge is 0.457 e. The number of aromatic nitrogens is 2. The molecule has 5 heteroatoms. The highest BCUT2D eigenvalue weighted by Crippen LogP contribution is 2.48. The van der Waals surface area contributed by atoms with Gasteiger partial charge in [-0.1, -0.05) is 183 Å². The quantitative estimate of drug-likeness (QED) is 0.159. The first kappa shape index (κ1) is 49.5. The molecule has 73 heavy (non-hydrogen) atoms. The highest BCUT2D eigenvalue weighted by Gasteiger charge is 2.31. The summed E-state index contributed by atoms with van der Waals surface area (Å²) in [5, 5.41) is 2.32. The van der Waals surface area contributed by atoms with E-state index in [0.29, 0.717) is 6.67 Å². The third-order valence-corrected chi connectivity index (χ3v) is 14.8. The summed E-state index contributed by atoms with van der Waals surface area (Å²) in [7, 11) is 0. The van der Waals surface area contributed by atoms with Crippen molar-refractivity contribution in [1.82, 2.24) is 9.55 Å². The van der Waals surface area contributed by atoms with Gasteiger partial charge in [-0.3, -0.25) is 4.57 Å². The van der Waals surface area contributed by atoms with Crippen molar-refractivity contribution in [3.63, 3.8) is 0 Å². The summed E-state index contributed by atoms with van der Waals surface area (Å²) in [5.41, 5.74) is 17.8. The lowest BCUT2D eigenvalue weighted by Gasteiger charge is -2.29. The van der Waals surface area contributed by atoms with Crippen LogP contribution in [0.5, 0.6) is 11.5 Å². The molecule has 10 rings (SSSR count). The van der Waals surface area contributed by atoms with E-state index in [2.05, 4.69) is 276 Å². The normalized spacial score (nSPS) is 13.6. The Bertz CT molecular complexity index is 3510. The van der Waals surface area contributed by atoms with E-state index in [9.17, 15) is 0 Å². The third-order valence-electron chi connectivity index (χ3n) is 14.8. The Morgan fingerprint density at radius 1 is 0.370 bits per heavy atom. The number of para-hydroxylation sites is 2. The molecule has 1 aliphatic heterocycles. The van der Waals surface area contributed by atoms with E-state index in [4.69, 9.17) is 9.72 Å². The van der Waals surface area contributed by atoms with Crippen LogP contribution in [0, 0.1) is 0 Å². The molecule has 0 radical (unpaired) electrons. The maximum Gasteiger partial charge on any atom is 0.137 e. The lowest BCUT2D eigenvalue weighted by atomic mass is 9.78. The minimum absolute atomic E-state index is 0.00902. The lowest BCUT2D eigenvalue weighted by Crippen LogP contribution is -2.25. The van der Waals surface area contributed by atoms with Gasteiger partial charge in [0.1, 0.15) is 24.0 Å². The number of hydrogen-bond acceptors (Lipinski definition) is 4. The number of ether oxygens (including phenoxy) is 1. The minimum Gasteiger partial charge on any atom is -0.457 e. The van der Waals surface area contributed by atoms with E-state index >= 15 is 0 Å². The molecular weight excluding hydrogens is 889 g/mol.